The number of carbonyl (C=O) groups is 1. The lowest BCUT2D eigenvalue weighted by molar-refractivity contribution is -0.111. The van der Waals surface area contributed by atoms with Gasteiger partial charge in [-0.25, -0.2) is 0 Å². The maximum Gasteiger partial charge on any atom is 0.248 e. The molecule has 2 rings (SSSR count). The van der Waals surface area contributed by atoms with Gasteiger partial charge in [0.15, 0.2) is 0 Å². The van der Waals surface area contributed by atoms with Gasteiger partial charge < -0.3 is 10.1 Å². The third-order valence-corrected chi connectivity index (χ3v) is 3.09. The van der Waals surface area contributed by atoms with Crippen LogP contribution < -0.4 is 10.1 Å². The van der Waals surface area contributed by atoms with Crippen molar-refractivity contribution in [3.63, 3.8) is 0 Å². The monoisotopic (exact) mass is 281 g/mol. The Bertz CT molecular complexity index is 675. The number of amides is 1. The zero-order chi connectivity index (χ0) is 15.2. The standard InChI is InChI=1S/C18H19NO2/c1-13-5-4-6-16(12-13)19-18(20)10-8-15-11-14(2)7-9-17(15)21-3/h4-12H,1-3H3,(H,19,20)/b10-8+. The van der Waals surface area contributed by atoms with Gasteiger partial charge in [-0.05, 0) is 49.8 Å². The van der Waals surface area contributed by atoms with Crippen LogP contribution in [0.25, 0.3) is 6.08 Å². The number of hydrogen-bond donors (Lipinski definition) is 1. The molecule has 1 amide bonds. The first kappa shape index (κ1) is 14.9. The Hall–Kier alpha value is -2.55. The van der Waals surface area contributed by atoms with Crippen LogP contribution in [0.3, 0.4) is 0 Å². The van der Waals surface area contributed by atoms with Crippen molar-refractivity contribution in [2.45, 2.75) is 13.8 Å². The van der Waals surface area contributed by atoms with Gasteiger partial charge in [-0.15, -0.1) is 0 Å². The predicted molar refractivity (Wildman–Crippen MR) is 86.6 cm³/mol. The molecule has 0 fully saturated rings. The number of methoxy groups -OCH3 is 1. The topological polar surface area (TPSA) is 38.3 Å². The summed E-state index contributed by atoms with van der Waals surface area (Å²) in [6.07, 6.45) is 3.27. The molecule has 0 atom stereocenters. The second-order valence-corrected chi connectivity index (χ2v) is 4.94. The Balaban J connectivity index is 2.10. The van der Waals surface area contributed by atoms with Gasteiger partial charge in [0.1, 0.15) is 5.75 Å². The van der Waals surface area contributed by atoms with Gasteiger partial charge in [0, 0.05) is 17.3 Å². The molecule has 0 spiro atoms. The number of benzene rings is 2. The Morgan fingerprint density at radius 1 is 1.10 bits per heavy atom. The van der Waals surface area contributed by atoms with Crippen molar-refractivity contribution >= 4 is 17.7 Å². The summed E-state index contributed by atoms with van der Waals surface area (Å²) in [5.41, 5.74) is 3.91. The molecule has 1 N–H and O–H groups in total. The first-order valence-electron chi connectivity index (χ1n) is 6.79. The highest BCUT2D eigenvalue weighted by Crippen LogP contribution is 2.21. The van der Waals surface area contributed by atoms with E-state index in [1.165, 1.54) is 6.08 Å². The third kappa shape index (κ3) is 4.21. The third-order valence-electron chi connectivity index (χ3n) is 3.09. The Morgan fingerprint density at radius 2 is 1.86 bits per heavy atom. The molecule has 3 nitrogen and oxygen atoms in total. The second kappa shape index (κ2) is 6.75. The van der Waals surface area contributed by atoms with Gasteiger partial charge in [-0.3, -0.25) is 4.79 Å². The highest BCUT2D eigenvalue weighted by atomic mass is 16.5. The molecule has 0 unspecified atom stereocenters. The maximum absolute atomic E-state index is 11.9. The molecule has 21 heavy (non-hydrogen) atoms. The van der Waals surface area contributed by atoms with E-state index in [0.717, 1.165) is 28.1 Å². The molecule has 2 aromatic carbocycles. The fourth-order valence-corrected chi connectivity index (χ4v) is 2.06. The van der Waals surface area contributed by atoms with Gasteiger partial charge in [-0.2, -0.15) is 0 Å². The summed E-state index contributed by atoms with van der Waals surface area (Å²) in [5.74, 6) is 0.587. The highest BCUT2D eigenvalue weighted by Gasteiger charge is 2.02. The average Bonchev–Trinajstić information content (AvgIpc) is 2.45. The lowest BCUT2D eigenvalue weighted by atomic mass is 10.1. The van der Waals surface area contributed by atoms with Crippen molar-refractivity contribution < 1.29 is 9.53 Å². The number of carbonyl (C=O) groups excluding carboxylic acids is 1. The number of aryl methyl sites for hydroxylation is 2. The summed E-state index contributed by atoms with van der Waals surface area (Å²) < 4.78 is 5.28. The molecule has 0 saturated carbocycles. The Morgan fingerprint density at radius 3 is 2.57 bits per heavy atom. The maximum atomic E-state index is 11.9. The van der Waals surface area contributed by atoms with Crippen LogP contribution in [0.2, 0.25) is 0 Å². The highest BCUT2D eigenvalue weighted by molar-refractivity contribution is 6.02. The van der Waals surface area contributed by atoms with Crippen molar-refractivity contribution in [1.29, 1.82) is 0 Å². The lowest BCUT2D eigenvalue weighted by Gasteiger charge is -2.06. The summed E-state index contributed by atoms with van der Waals surface area (Å²) in [6.45, 7) is 3.99. The number of rotatable bonds is 4. The van der Waals surface area contributed by atoms with E-state index in [1.807, 2.05) is 56.3 Å². The van der Waals surface area contributed by atoms with Crippen molar-refractivity contribution in [3.05, 3.63) is 65.2 Å². The Labute approximate surface area is 125 Å². The molecule has 0 heterocycles. The van der Waals surface area contributed by atoms with E-state index in [9.17, 15) is 4.79 Å². The predicted octanol–water partition coefficient (Wildman–Crippen LogP) is 3.96. The van der Waals surface area contributed by atoms with Crippen LogP contribution in [0.5, 0.6) is 5.75 Å². The molecular formula is C18H19NO2. The minimum Gasteiger partial charge on any atom is -0.496 e. The minimum atomic E-state index is -0.163. The van der Waals surface area contributed by atoms with Gasteiger partial charge in [0.25, 0.3) is 0 Å². The van der Waals surface area contributed by atoms with Crippen molar-refractivity contribution in [2.24, 2.45) is 0 Å². The van der Waals surface area contributed by atoms with E-state index < -0.39 is 0 Å². The molecule has 2 aromatic rings. The van der Waals surface area contributed by atoms with E-state index in [4.69, 9.17) is 4.74 Å². The first-order valence-corrected chi connectivity index (χ1v) is 6.79. The van der Waals surface area contributed by atoms with Crippen molar-refractivity contribution in [3.8, 4) is 5.75 Å². The van der Waals surface area contributed by atoms with Crippen LogP contribution in [0.15, 0.2) is 48.5 Å². The smallest absolute Gasteiger partial charge is 0.248 e. The fraction of sp³-hybridized carbons (Fsp3) is 0.167. The quantitative estimate of drug-likeness (QED) is 0.861. The Kier molecular flexibility index (Phi) is 4.77. The molecule has 0 saturated heterocycles. The summed E-state index contributed by atoms with van der Waals surface area (Å²) in [4.78, 5) is 11.9. The van der Waals surface area contributed by atoms with E-state index >= 15 is 0 Å². The van der Waals surface area contributed by atoms with Crippen LogP contribution in [0.1, 0.15) is 16.7 Å². The van der Waals surface area contributed by atoms with Crippen molar-refractivity contribution in [1.82, 2.24) is 0 Å². The number of hydrogen-bond acceptors (Lipinski definition) is 2. The van der Waals surface area contributed by atoms with E-state index in [2.05, 4.69) is 5.32 Å². The fourth-order valence-electron chi connectivity index (χ4n) is 2.06. The first-order chi connectivity index (χ1) is 10.1. The molecule has 0 radical (unpaired) electrons. The summed E-state index contributed by atoms with van der Waals surface area (Å²) in [5, 5.41) is 2.84. The van der Waals surface area contributed by atoms with Crippen LogP contribution in [0.4, 0.5) is 5.69 Å². The van der Waals surface area contributed by atoms with Crippen molar-refractivity contribution in [2.75, 3.05) is 12.4 Å². The number of nitrogens with one attached hydrogen (secondary N) is 1. The van der Waals surface area contributed by atoms with E-state index in [0.29, 0.717) is 0 Å². The summed E-state index contributed by atoms with van der Waals surface area (Å²) >= 11 is 0. The van der Waals surface area contributed by atoms with Crippen LogP contribution in [0, 0.1) is 13.8 Å². The zero-order valence-electron chi connectivity index (χ0n) is 12.5. The van der Waals surface area contributed by atoms with Gasteiger partial charge in [0.2, 0.25) is 5.91 Å². The lowest BCUT2D eigenvalue weighted by Crippen LogP contribution is -2.07. The average molecular weight is 281 g/mol. The van der Waals surface area contributed by atoms with Crippen LogP contribution in [-0.2, 0) is 4.79 Å². The minimum absolute atomic E-state index is 0.163. The van der Waals surface area contributed by atoms with Gasteiger partial charge >= 0.3 is 0 Å². The summed E-state index contributed by atoms with van der Waals surface area (Å²) in [7, 11) is 1.62. The molecule has 0 aliphatic carbocycles. The normalized spacial score (nSPS) is 10.6. The molecule has 108 valence electrons. The zero-order valence-corrected chi connectivity index (χ0v) is 12.5. The molecular weight excluding hydrogens is 262 g/mol. The summed E-state index contributed by atoms with van der Waals surface area (Å²) in [6, 6.07) is 13.6. The number of anilines is 1. The molecule has 0 bridgehead atoms. The largest absolute Gasteiger partial charge is 0.496 e. The molecule has 0 aliphatic heterocycles. The van der Waals surface area contributed by atoms with Gasteiger partial charge in [0.05, 0.1) is 7.11 Å². The molecule has 3 heteroatoms. The van der Waals surface area contributed by atoms with E-state index in [1.54, 1.807) is 13.2 Å². The molecule has 0 aliphatic rings. The number of ether oxygens (including phenoxy) is 1. The molecule has 0 aromatic heterocycles. The van der Waals surface area contributed by atoms with E-state index in [-0.39, 0.29) is 5.91 Å². The SMILES string of the molecule is COc1ccc(C)cc1/C=C/C(=O)Nc1cccc(C)c1. The van der Waals surface area contributed by atoms with Crippen LogP contribution in [-0.4, -0.2) is 13.0 Å². The second-order valence-electron chi connectivity index (χ2n) is 4.94. The van der Waals surface area contributed by atoms with Gasteiger partial charge in [-0.1, -0.05) is 23.8 Å². The van der Waals surface area contributed by atoms with Crippen LogP contribution >= 0.6 is 0 Å².